The zero-order valence-corrected chi connectivity index (χ0v) is 12.2. The Bertz CT molecular complexity index is 571. The lowest BCUT2D eigenvalue weighted by molar-refractivity contribution is -0.872. The molecular weight excluding hydrogens is 248 g/mol. The Labute approximate surface area is 120 Å². The quantitative estimate of drug-likeness (QED) is 0.873. The Morgan fingerprint density at radius 1 is 1.00 bits per heavy atom. The second-order valence-electron chi connectivity index (χ2n) is 5.40. The number of amides is 1. The van der Waals surface area contributed by atoms with Gasteiger partial charge in [-0.1, -0.05) is 29.8 Å². The Balaban J connectivity index is 2.03. The van der Waals surface area contributed by atoms with Crippen molar-refractivity contribution in [1.29, 1.82) is 0 Å². The van der Waals surface area contributed by atoms with E-state index in [0.717, 1.165) is 12.2 Å². The molecule has 1 amide bonds. The van der Waals surface area contributed by atoms with Gasteiger partial charge in [0.1, 0.15) is 6.54 Å². The highest BCUT2D eigenvalue weighted by atomic mass is 16.1. The molecule has 0 radical (unpaired) electrons. The average Bonchev–Trinajstić information content (AvgIpc) is 2.41. The van der Waals surface area contributed by atoms with Crippen molar-refractivity contribution in [2.45, 2.75) is 13.5 Å². The molecule has 0 saturated heterocycles. The highest BCUT2D eigenvalue weighted by Crippen LogP contribution is 2.11. The summed E-state index contributed by atoms with van der Waals surface area (Å²) in [5.74, 6) is -0.0717. The van der Waals surface area contributed by atoms with Gasteiger partial charge in [-0.2, -0.15) is 0 Å². The van der Waals surface area contributed by atoms with Gasteiger partial charge in [0.15, 0.2) is 0 Å². The second kappa shape index (κ2) is 6.35. The number of carbonyl (C=O) groups excluding carboxylic acids is 1. The lowest BCUT2D eigenvalue weighted by atomic mass is 10.1. The van der Waals surface area contributed by atoms with Crippen molar-refractivity contribution >= 4 is 11.6 Å². The van der Waals surface area contributed by atoms with E-state index in [-0.39, 0.29) is 5.91 Å². The van der Waals surface area contributed by atoms with Crippen molar-refractivity contribution in [1.82, 2.24) is 0 Å². The molecule has 0 saturated carbocycles. The van der Waals surface area contributed by atoms with Crippen LogP contribution in [0.5, 0.6) is 0 Å². The van der Waals surface area contributed by atoms with Gasteiger partial charge < -0.3 is 10.2 Å². The van der Waals surface area contributed by atoms with Gasteiger partial charge in [0.25, 0.3) is 5.91 Å². The number of carbonyl (C=O) groups is 1. The number of hydrogen-bond donors (Lipinski definition) is 2. The van der Waals surface area contributed by atoms with E-state index >= 15 is 0 Å². The molecule has 0 aromatic heterocycles. The fourth-order valence-electron chi connectivity index (χ4n) is 2.02. The predicted octanol–water partition coefficient (Wildman–Crippen LogP) is 1.89. The third-order valence-electron chi connectivity index (χ3n) is 3.08. The molecule has 0 spiro atoms. The first-order chi connectivity index (χ1) is 9.54. The molecule has 0 aliphatic heterocycles. The summed E-state index contributed by atoms with van der Waals surface area (Å²) in [5.41, 5.74) is 3.92. The summed E-state index contributed by atoms with van der Waals surface area (Å²) < 4.78 is 0. The maximum Gasteiger partial charge on any atom is 0.255 e. The lowest BCUT2D eigenvalue weighted by Gasteiger charge is -2.08. The van der Waals surface area contributed by atoms with Gasteiger partial charge in [0, 0.05) is 16.8 Å². The third kappa shape index (κ3) is 3.93. The molecule has 2 aromatic carbocycles. The number of aryl methyl sites for hydroxylation is 1. The van der Waals surface area contributed by atoms with Gasteiger partial charge in [0.2, 0.25) is 0 Å². The van der Waals surface area contributed by atoms with Crippen molar-refractivity contribution in [3.8, 4) is 0 Å². The summed E-state index contributed by atoms with van der Waals surface area (Å²) in [4.78, 5) is 13.5. The van der Waals surface area contributed by atoms with Gasteiger partial charge in [-0.25, -0.2) is 0 Å². The van der Waals surface area contributed by atoms with Crippen LogP contribution in [0.4, 0.5) is 5.69 Å². The van der Waals surface area contributed by atoms with Crippen molar-refractivity contribution in [2.24, 2.45) is 0 Å². The van der Waals surface area contributed by atoms with E-state index in [2.05, 4.69) is 19.4 Å². The number of benzene rings is 2. The van der Waals surface area contributed by atoms with E-state index in [1.165, 1.54) is 16.0 Å². The monoisotopic (exact) mass is 269 g/mol. The molecule has 0 bridgehead atoms. The standard InChI is InChI=1S/C17H20N2O/c1-13-4-10-16(11-5-13)18-17(20)15-8-6-14(7-9-15)12-19(2)3/h4-11H,12H2,1-3H3,(H,18,20)/p+1. The van der Waals surface area contributed by atoms with E-state index in [1.54, 1.807) is 0 Å². The van der Waals surface area contributed by atoms with E-state index < -0.39 is 0 Å². The van der Waals surface area contributed by atoms with Crippen molar-refractivity contribution in [3.05, 3.63) is 65.2 Å². The zero-order chi connectivity index (χ0) is 14.5. The minimum atomic E-state index is -0.0717. The smallest absolute Gasteiger partial charge is 0.255 e. The van der Waals surface area contributed by atoms with Crippen LogP contribution in [0.3, 0.4) is 0 Å². The first-order valence-electron chi connectivity index (χ1n) is 6.80. The van der Waals surface area contributed by atoms with Gasteiger partial charge in [-0.3, -0.25) is 4.79 Å². The largest absolute Gasteiger partial charge is 0.336 e. The van der Waals surface area contributed by atoms with Gasteiger partial charge >= 0.3 is 0 Å². The molecule has 104 valence electrons. The van der Waals surface area contributed by atoms with E-state index in [1.807, 2.05) is 55.5 Å². The van der Waals surface area contributed by atoms with Crippen LogP contribution < -0.4 is 10.2 Å². The fraction of sp³-hybridized carbons (Fsp3) is 0.235. The molecule has 0 heterocycles. The molecule has 2 rings (SSSR count). The Morgan fingerprint density at radius 3 is 2.15 bits per heavy atom. The fourth-order valence-corrected chi connectivity index (χ4v) is 2.02. The van der Waals surface area contributed by atoms with Gasteiger partial charge in [0.05, 0.1) is 14.1 Å². The second-order valence-corrected chi connectivity index (χ2v) is 5.40. The van der Waals surface area contributed by atoms with Crippen LogP contribution in [0.2, 0.25) is 0 Å². The van der Waals surface area contributed by atoms with E-state index in [4.69, 9.17) is 0 Å². The molecule has 0 aliphatic rings. The summed E-state index contributed by atoms with van der Waals surface area (Å²) >= 11 is 0. The molecule has 20 heavy (non-hydrogen) atoms. The van der Waals surface area contributed by atoms with Crippen LogP contribution in [0.25, 0.3) is 0 Å². The maximum absolute atomic E-state index is 12.1. The summed E-state index contributed by atoms with van der Waals surface area (Å²) in [5, 5.41) is 2.90. The summed E-state index contributed by atoms with van der Waals surface area (Å²) in [7, 11) is 4.22. The molecule has 0 unspecified atom stereocenters. The van der Waals surface area contributed by atoms with Gasteiger partial charge in [-0.05, 0) is 31.2 Å². The topological polar surface area (TPSA) is 33.5 Å². The third-order valence-corrected chi connectivity index (χ3v) is 3.08. The molecular formula is C17H21N2O+. The summed E-state index contributed by atoms with van der Waals surface area (Å²) in [6, 6.07) is 15.6. The number of rotatable bonds is 4. The van der Waals surface area contributed by atoms with Crippen LogP contribution in [0.1, 0.15) is 21.5 Å². The molecule has 2 aromatic rings. The molecule has 0 atom stereocenters. The van der Waals surface area contributed by atoms with E-state index in [0.29, 0.717) is 5.56 Å². The van der Waals surface area contributed by atoms with E-state index in [9.17, 15) is 4.79 Å². The minimum absolute atomic E-state index is 0.0717. The average molecular weight is 269 g/mol. The van der Waals surface area contributed by atoms with Crippen LogP contribution in [-0.2, 0) is 6.54 Å². The summed E-state index contributed by atoms with van der Waals surface area (Å²) in [6.45, 7) is 2.98. The number of hydrogen-bond acceptors (Lipinski definition) is 1. The predicted molar refractivity (Wildman–Crippen MR) is 82.1 cm³/mol. The highest BCUT2D eigenvalue weighted by Gasteiger charge is 2.06. The van der Waals surface area contributed by atoms with Crippen molar-refractivity contribution < 1.29 is 9.69 Å². The number of anilines is 1. The van der Waals surface area contributed by atoms with Crippen LogP contribution in [-0.4, -0.2) is 20.0 Å². The SMILES string of the molecule is Cc1ccc(NC(=O)c2ccc(C[NH+](C)C)cc2)cc1. The first-order valence-corrected chi connectivity index (χ1v) is 6.80. The van der Waals surface area contributed by atoms with Crippen LogP contribution >= 0.6 is 0 Å². The Morgan fingerprint density at radius 2 is 1.60 bits per heavy atom. The molecule has 0 fully saturated rings. The lowest BCUT2D eigenvalue weighted by Crippen LogP contribution is -3.04. The van der Waals surface area contributed by atoms with Gasteiger partial charge in [-0.15, -0.1) is 0 Å². The zero-order valence-electron chi connectivity index (χ0n) is 12.2. The summed E-state index contributed by atoms with van der Waals surface area (Å²) in [6.07, 6.45) is 0. The van der Waals surface area contributed by atoms with Crippen molar-refractivity contribution in [3.63, 3.8) is 0 Å². The molecule has 0 aliphatic carbocycles. The number of quaternary nitrogens is 1. The minimum Gasteiger partial charge on any atom is -0.336 e. The highest BCUT2D eigenvalue weighted by molar-refractivity contribution is 6.04. The molecule has 3 heteroatoms. The Hall–Kier alpha value is -2.13. The Kier molecular flexibility index (Phi) is 4.53. The maximum atomic E-state index is 12.1. The van der Waals surface area contributed by atoms with Crippen LogP contribution in [0.15, 0.2) is 48.5 Å². The molecule has 2 N–H and O–H groups in total. The first kappa shape index (κ1) is 14.3. The normalized spacial score (nSPS) is 10.6. The van der Waals surface area contributed by atoms with Crippen molar-refractivity contribution in [2.75, 3.05) is 19.4 Å². The molecule has 3 nitrogen and oxygen atoms in total. The van der Waals surface area contributed by atoms with Crippen LogP contribution in [0, 0.1) is 6.92 Å². The number of nitrogens with one attached hydrogen (secondary N) is 2.